The molecule has 0 unspecified atom stereocenters. The van der Waals surface area contributed by atoms with Gasteiger partial charge in [0.15, 0.2) is 0 Å². The highest BCUT2D eigenvalue weighted by molar-refractivity contribution is 6.31. The van der Waals surface area contributed by atoms with Gasteiger partial charge in [-0.1, -0.05) is 31.5 Å². The maximum atomic E-state index is 13.3. The fraction of sp³-hybridized carbons (Fsp3) is 0.500. The lowest BCUT2D eigenvalue weighted by molar-refractivity contribution is 0.119. The summed E-state index contributed by atoms with van der Waals surface area (Å²) in [7, 11) is 0. The van der Waals surface area contributed by atoms with Crippen molar-refractivity contribution in [2.24, 2.45) is 0 Å². The van der Waals surface area contributed by atoms with Gasteiger partial charge in [-0.2, -0.15) is 0 Å². The highest BCUT2D eigenvalue weighted by atomic mass is 35.5. The third-order valence-corrected chi connectivity index (χ3v) is 2.46. The van der Waals surface area contributed by atoms with Crippen LogP contribution in [0, 0.1) is 5.82 Å². The summed E-state index contributed by atoms with van der Waals surface area (Å²) in [5, 5.41) is 3.62. The Kier molecular flexibility index (Phi) is 5.74. The normalized spacial score (nSPS) is 11.1. The van der Waals surface area contributed by atoms with Crippen LogP contribution in [-0.4, -0.2) is 19.2 Å². The first-order chi connectivity index (χ1) is 7.61. The zero-order valence-electron chi connectivity index (χ0n) is 9.59. The van der Waals surface area contributed by atoms with Crippen LogP contribution >= 0.6 is 11.6 Å². The van der Waals surface area contributed by atoms with Gasteiger partial charge in [0, 0.05) is 23.2 Å². The van der Waals surface area contributed by atoms with Crippen LogP contribution in [0.2, 0.25) is 5.02 Å². The summed E-state index contributed by atoms with van der Waals surface area (Å²) in [6.45, 7) is 5.64. The average Bonchev–Trinajstić information content (AvgIpc) is 2.21. The molecular weight excluding hydrogens is 229 g/mol. The number of rotatable bonds is 6. The number of hydrogen-bond donors (Lipinski definition) is 1. The summed E-state index contributed by atoms with van der Waals surface area (Å²) in [6, 6.07) is 5.06. The molecule has 1 rings (SSSR count). The summed E-state index contributed by atoms with van der Waals surface area (Å²) in [6.07, 6.45) is 0. The molecule has 0 aliphatic carbocycles. The van der Waals surface area contributed by atoms with Crippen LogP contribution in [-0.2, 0) is 11.3 Å². The van der Waals surface area contributed by atoms with Crippen LogP contribution in [0.5, 0.6) is 0 Å². The molecule has 0 aliphatic heterocycles. The molecule has 0 radical (unpaired) electrons. The first-order valence-electron chi connectivity index (χ1n) is 5.35. The molecule has 0 aromatic heterocycles. The van der Waals surface area contributed by atoms with E-state index in [0.717, 1.165) is 6.54 Å². The lowest BCUT2D eigenvalue weighted by atomic mass is 10.2. The maximum absolute atomic E-state index is 13.3. The fourth-order valence-corrected chi connectivity index (χ4v) is 1.48. The van der Waals surface area contributed by atoms with E-state index < -0.39 is 0 Å². The van der Waals surface area contributed by atoms with Gasteiger partial charge in [-0.05, 0) is 12.1 Å². The van der Waals surface area contributed by atoms with Crippen molar-refractivity contribution >= 4 is 11.6 Å². The molecule has 0 heterocycles. The van der Waals surface area contributed by atoms with Crippen LogP contribution in [0.25, 0.3) is 0 Å². The molecule has 0 bridgehead atoms. The SMILES string of the molecule is CC(C)NCCOCc1c(F)cccc1Cl. The summed E-state index contributed by atoms with van der Waals surface area (Å²) in [5.41, 5.74) is 0.425. The topological polar surface area (TPSA) is 21.3 Å². The van der Waals surface area contributed by atoms with E-state index in [1.165, 1.54) is 6.07 Å². The van der Waals surface area contributed by atoms with E-state index in [9.17, 15) is 4.39 Å². The van der Waals surface area contributed by atoms with E-state index in [0.29, 0.717) is 23.2 Å². The van der Waals surface area contributed by atoms with E-state index in [2.05, 4.69) is 19.2 Å². The van der Waals surface area contributed by atoms with Crippen molar-refractivity contribution < 1.29 is 9.13 Å². The van der Waals surface area contributed by atoms with Gasteiger partial charge < -0.3 is 10.1 Å². The van der Waals surface area contributed by atoms with Crippen molar-refractivity contribution in [3.63, 3.8) is 0 Å². The minimum Gasteiger partial charge on any atom is -0.375 e. The molecule has 0 atom stereocenters. The number of hydrogen-bond acceptors (Lipinski definition) is 2. The minimum absolute atomic E-state index is 0.214. The molecule has 1 aromatic carbocycles. The van der Waals surface area contributed by atoms with Gasteiger partial charge in [0.25, 0.3) is 0 Å². The molecular formula is C12H17ClFNO. The quantitative estimate of drug-likeness (QED) is 0.778. The van der Waals surface area contributed by atoms with E-state index in [1.54, 1.807) is 12.1 Å². The third kappa shape index (κ3) is 4.47. The Balaban J connectivity index is 2.32. The van der Waals surface area contributed by atoms with Crippen LogP contribution in [0.15, 0.2) is 18.2 Å². The zero-order chi connectivity index (χ0) is 12.0. The van der Waals surface area contributed by atoms with E-state index in [4.69, 9.17) is 16.3 Å². The molecule has 0 amide bonds. The van der Waals surface area contributed by atoms with Crippen molar-refractivity contribution in [3.8, 4) is 0 Å². The Morgan fingerprint density at radius 1 is 1.44 bits per heavy atom. The lowest BCUT2D eigenvalue weighted by Gasteiger charge is -2.09. The predicted molar refractivity (Wildman–Crippen MR) is 64.2 cm³/mol. The van der Waals surface area contributed by atoms with Gasteiger partial charge in [0.2, 0.25) is 0 Å². The first-order valence-corrected chi connectivity index (χ1v) is 5.73. The number of halogens is 2. The van der Waals surface area contributed by atoms with Crippen molar-refractivity contribution in [2.45, 2.75) is 26.5 Å². The number of benzene rings is 1. The average molecular weight is 246 g/mol. The van der Waals surface area contributed by atoms with Crippen LogP contribution in [0.3, 0.4) is 0 Å². The van der Waals surface area contributed by atoms with Crippen molar-refractivity contribution in [3.05, 3.63) is 34.6 Å². The largest absolute Gasteiger partial charge is 0.375 e. The smallest absolute Gasteiger partial charge is 0.130 e. The Labute approximate surface area is 101 Å². The van der Waals surface area contributed by atoms with Crippen molar-refractivity contribution in [1.29, 1.82) is 0 Å². The van der Waals surface area contributed by atoms with E-state index in [-0.39, 0.29) is 12.4 Å². The Bertz CT molecular complexity index is 311. The molecule has 4 heteroatoms. The second-order valence-electron chi connectivity index (χ2n) is 3.86. The molecule has 16 heavy (non-hydrogen) atoms. The Hall–Kier alpha value is -0.640. The van der Waals surface area contributed by atoms with Crippen LogP contribution < -0.4 is 5.32 Å². The van der Waals surface area contributed by atoms with Gasteiger partial charge in [-0.15, -0.1) is 0 Å². The second kappa shape index (κ2) is 6.84. The summed E-state index contributed by atoms with van der Waals surface area (Å²) >= 11 is 5.86. The standard InChI is InChI=1S/C12H17ClFNO/c1-9(2)15-6-7-16-8-10-11(13)4-3-5-12(10)14/h3-5,9,15H,6-8H2,1-2H3. The highest BCUT2D eigenvalue weighted by Gasteiger charge is 2.06. The Morgan fingerprint density at radius 3 is 2.81 bits per heavy atom. The molecule has 0 aliphatic rings. The fourth-order valence-electron chi connectivity index (χ4n) is 1.26. The zero-order valence-corrected chi connectivity index (χ0v) is 10.4. The third-order valence-electron chi connectivity index (χ3n) is 2.11. The van der Waals surface area contributed by atoms with Gasteiger partial charge in [0.05, 0.1) is 13.2 Å². The van der Waals surface area contributed by atoms with Crippen molar-refractivity contribution in [1.82, 2.24) is 5.32 Å². The second-order valence-corrected chi connectivity index (χ2v) is 4.27. The van der Waals surface area contributed by atoms with Gasteiger partial charge in [0.1, 0.15) is 5.82 Å². The summed E-state index contributed by atoms with van der Waals surface area (Å²) in [4.78, 5) is 0. The van der Waals surface area contributed by atoms with Crippen LogP contribution in [0.1, 0.15) is 19.4 Å². The number of nitrogens with one attached hydrogen (secondary N) is 1. The predicted octanol–water partition coefficient (Wildman–Crippen LogP) is 2.99. The van der Waals surface area contributed by atoms with Gasteiger partial charge in [-0.3, -0.25) is 0 Å². The molecule has 1 N–H and O–H groups in total. The van der Waals surface area contributed by atoms with Gasteiger partial charge in [-0.25, -0.2) is 4.39 Å². The first kappa shape index (κ1) is 13.4. The molecule has 0 saturated heterocycles. The van der Waals surface area contributed by atoms with E-state index >= 15 is 0 Å². The monoisotopic (exact) mass is 245 g/mol. The lowest BCUT2D eigenvalue weighted by Crippen LogP contribution is -2.26. The summed E-state index contributed by atoms with van der Waals surface area (Å²) in [5.74, 6) is -0.315. The molecule has 0 spiro atoms. The molecule has 0 saturated carbocycles. The molecule has 2 nitrogen and oxygen atoms in total. The molecule has 0 fully saturated rings. The van der Waals surface area contributed by atoms with Crippen molar-refractivity contribution in [2.75, 3.05) is 13.2 Å². The highest BCUT2D eigenvalue weighted by Crippen LogP contribution is 2.19. The van der Waals surface area contributed by atoms with Gasteiger partial charge >= 0.3 is 0 Å². The summed E-state index contributed by atoms with van der Waals surface area (Å²) < 4.78 is 18.7. The number of ether oxygens (including phenoxy) is 1. The van der Waals surface area contributed by atoms with E-state index in [1.807, 2.05) is 0 Å². The maximum Gasteiger partial charge on any atom is 0.130 e. The van der Waals surface area contributed by atoms with Crippen LogP contribution in [0.4, 0.5) is 4.39 Å². The Morgan fingerprint density at radius 2 is 2.19 bits per heavy atom. The molecule has 1 aromatic rings. The molecule has 90 valence electrons. The minimum atomic E-state index is -0.315.